The molecule has 3 heteroatoms. The maximum Gasteiger partial charge on any atom is 0.337 e. The van der Waals surface area contributed by atoms with Crippen LogP contribution in [-0.4, -0.2) is 19.7 Å². The normalized spacial score (nSPS) is 18.9. The molecule has 0 aromatic rings. The Morgan fingerprint density at radius 1 is 1.53 bits per heavy atom. The van der Waals surface area contributed by atoms with Crippen molar-refractivity contribution in [1.29, 1.82) is 0 Å². The Hall–Kier alpha value is -0.990. The van der Waals surface area contributed by atoms with Crippen LogP contribution in [0.1, 0.15) is 39.5 Å². The highest BCUT2D eigenvalue weighted by atomic mass is 16.5. The maximum atomic E-state index is 11.6. The van der Waals surface area contributed by atoms with Crippen molar-refractivity contribution in [3.63, 3.8) is 0 Å². The van der Waals surface area contributed by atoms with Crippen molar-refractivity contribution in [2.24, 2.45) is 5.92 Å². The summed E-state index contributed by atoms with van der Waals surface area (Å²) in [5.41, 5.74) is 0.740. The average molecular weight is 212 g/mol. The monoisotopic (exact) mass is 212 g/mol. The Morgan fingerprint density at radius 3 is 2.73 bits per heavy atom. The number of ether oxygens (including phenoxy) is 2. The zero-order valence-electron chi connectivity index (χ0n) is 9.84. The lowest BCUT2D eigenvalue weighted by Crippen LogP contribution is -2.09. The molecule has 1 heterocycles. The molecule has 86 valence electrons. The molecule has 0 radical (unpaired) electrons. The Balaban J connectivity index is 2.68. The Labute approximate surface area is 91.4 Å². The third-order valence-corrected chi connectivity index (χ3v) is 2.56. The molecular weight excluding hydrogens is 192 g/mol. The quantitative estimate of drug-likeness (QED) is 0.531. The van der Waals surface area contributed by atoms with Crippen molar-refractivity contribution in [3.05, 3.63) is 11.3 Å². The molecule has 0 aromatic heterocycles. The summed E-state index contributed by atoms with van der Waals surface area (Å²) in [7, 11) is 1.42. The van der Waals surface area contributed by atoms with Gasteiger partial charge in [-0.05, 0) is 25.2 Å². The SMILES string of the molecule is COC(=O)/C(CCC(C)C)=C1\CCCO1. The molecule has 0 bridgehead atoms. The first-order chi connectivity index (χ1) is 7.15. The van der Waals surface area contributed by atoms with Crippen LogP contribution in [0.5, 0.6) is 0 Å². The van der Waals surface area contributed by atoms with Crippen molar-refractivity contribution >= 4 is 5.97 Å². The number of hydrogen-bond acceptors (Lipinski definition) is 3. The van der Waals surface area contributed by atoms with Gasteiger partial charge in [0.05, 0.1) is 19.3 Å². The summed E-state index contributed by atoms with van der Waals surface area (Å²) >= 11 is 0. The van der Waals surface area contributed by atoms with Gasteiger partial charge >= 0.3 is 5.97 Å². The second kappa shape index (κ2) is 5.79. The Morgan fingerprint density at radius 2 is 2.27 bits per heavy atom. The van der Waals surface area contributed by atoms with Crippen molar-refractivity contribution in [2.75, 3.05) is 13.7 Å². The van der Waals surface area contributed by atoms with Gasteiger partial charge in [0.15, 0.2) is 0 Å². The molecule has 1 rings (SSSR count). The van der Waals surface area contributed by atoms with Gasteiger partial charge in [-0.25, -0.2) is 4.79 Å². The Kier molecular flexibility index (Phi) is 4.66. The van der Waals surface area contributed by atoms with E-state index in [0.717, 1.165) is 43.6 Å². The molecule has 1 aliphatic heterocycles. The average Bonchev–Trinajstić information content (AvgIpc) is 2.70. The molecule has 15 heavy (non-hydrogen) atoms. The standard InChI is InChI=1S/C12H20O3/c1-9(2)6-7-10(12(13)14-3)11-5-4-8-15-11/h9H,4-8H2,1-3H3/b11-10+. The fraction of sp³-hybridized carbons (Fsp3) is 0.750. The van der Waals surface area contributed by atoms with Gasteiger partial charge in [-0.2, -0.15) is 0 Å². The second-order valence-electron chi connectivity index (χ2n) is 4.28. The topological polar surface area (TPSA) is 35.5 Å². The molecule has 1 fully saturated rings. The number of carbonyl (C=O) groups is 1. The van der Waals surface area contributed by atoms with Gasteiger partial charge in [0.2, 0.25) is 0 Å². The third-order valence-electron chi connectivity index (χ3n) is 2.56. The number of methoxy groups -OCH3 is 1. The third kappa shape index (κ3) is 3.57. The number of esters is 1. The van der Waals surface area contributed by atoms with Gasteiger partial charge < -0.3 is 9.47 Å². The predicted octanol–water partition coefficient (Wildman–Crippen LogP) is 2.66. The van der Waals surface area contributed by atoms with Gasteiger partial charge in [-0.1, -0.05) is 13.8 Å². The molecule has 0 aromatic carbocycles. The van der Waals surface area contributed by atoms with E-state index in [0.29, 0.717) is 5.92 Å². The van der Waals surface area contributed by atoms with Crippen LogP contribution >= 0.6 is 0 Å². The van der Waals surface area contributed by atoms with Crippen molar-refractivity contribution < 1.29 is 14.3 Å². The largest absolute Gasteiger partial charge is 0.497 e. The second-order valence-corrected chi connectivity index (χ2v) is 4.28. The minimum atomic E-state index is -0.229. The van der Waals surface area contributed by atoms with E-state index in [9.17, 15) is 4.79 Å². The van der Waals surface area contributed by atoms with E-state index in [2.05, 4.69) is 13.8 Å². The van der Waals surface area contributed by atoms with Gasteiger partial charge in [0.1, 0.15) is 5.76 Å². The number of hydrogen-bond donors (Lipinski definition) is 0. The van der Waals surface area contributed by atoms with E-state index >= 15 is 0 Å². The van der Waals surface area contributed by atoms with Crippen LogP contribution in [0.15, 0.2) is 11.3 Å². The number of carbonyl (C=O) groups excluding carboxylic acids is 1. The summed E-state index contributed by atoms with van der Waals surface area (Å²) in [6.07, 6.45) is 3.65. The first-order valence-corrected chi connectivity index (χ1v) is 5.58. The van der Waals surface area contributed by atoms with Gasteiger partial charge in [-0.3, -0.25) is 0 Å². The van der Waals surface area contributed by atoms with Gasteiger partial charge in [-0.15, -0.1) is 0 Å². The highest BCUT2D eigenvalue weighted by Gasteiger charge is 2.20. The summed E-state index contributed by atoms with van der Waals surface area (Å²) < 4.78 is 10.2. The summed E-state index contributed by atoms with van der Waals surface area (Å²) in [6, 6.07) is 0. The van der Waals surface area contributed by atoms with E-state index < -0.39 is 0 Å². The molecule has 1 saturated heterocycles. The molecule has 0 atom stereocenters. The summed E-state index contributed by atoms with van der Waals surface area (Å²) in [5.74, 6) is 1.21. The molecule has 0 aliphatic carbocycles. The molecule has 0 N–H and O–H groups in total. The van der Waals surface area contributed by atoms with Gasteiger partial charge in [0, 0.05) is 6.42 Å². The van der Waals surface area contributed by atoms with Crippen LogP contribution < -0.4 is 0 Å². The van der Waals surface area contributed by atoms with Crippen LogP contribution in [-0.2, 0) is 14.3 Å². The molecular formula is C12H20O3. The van der Waals surface area contributed by atoms with Crippen LogP contribution in [0.2, 0.25) is 0 Å². The smallest absolute Gasteiger partial charge is 0.337 e. The minimum absolute atomic E-state index is 0.229. The number of allylic oxidation sites excluding steroid dienone is 1. The number of rotatable bonds is 4. The van der Waals surface area contributed by atoms with E-state index in [1.165, 1.54) is 7.11 Å². The van der Waals surface area contributed by atoms with Crippen LogP contribution in [0.25, 0.3) is 0 Å². The van der Waals surface area contributed by atoms with E-state index in [-0.39, 0.29) is 5.97 Å². The van der Waals surface area contributed by atoms with Crippen molar-refractivity contribution in [2.45, 2.75) is 39.5 Å². The van der Waals surface area contributed by atoms with Crippen LogP contribution in [0.4, 0.5) is 0 Å². The van der Waals surface area contributed by atoms with Crippen molar-refractivity contribution in [1.82, 2.24) is 0 Å². The highest BCUT2D eigenvalue weighted by molar-refractivity contribution is 5.88. The lowest BCUT2D eigenvalue weighted by molar-refractivity contribution is -0.136. The molecule has 0 unspecified atom stereocenters. The first kappa shape index (κ1) is 12.1. The van der Waals surface area contributed by atoms with Crippen molar-refractivity contribution in [3.8, 4) is 0 Å². The summed E-state index contributed by atoms with van der Waals surface area (Å²) in [5, 5.41) is 0. The molecule has 0 saturated carbocycles. The Bertz CT molecular complexity index is 246. The molecule has 0 amide bonds. The molecule has 3 nitrogen and oxygen atoms in total. The minimum Gasteiger partial charge on any atom is -0.497 e. The van der Waals surface area contributed by atoms with Gasteiger partial charge in [0.25, 0.3) is 0 Å². The predicted molar refractivity (Wildman–Crippen MR) is 58.3 cm³/mol. The summed E-state index contributed by atoms with van der Waals surface area (Å²) in [6.45, 7) is 5.03. The fourth-order valence-corrected chi connectivity index (χ4v) is 1.65. The maximum absolute atomic E-state index is 11.6. The fourth-order valence-electron chi connectivity index (χ4n) is 1.65. The zero-order valence-corrected chi connectivity index (χ0v) is 9.84. The lowest BCUT2D eigenvalue weighted by atomic mass is 10.0. The van der Waals surface area contributed by atoms with Crippen LogP contribution in [0.3, 0.4) is 0 Å². The van der Waals surface area contributed by atoms with E-state index in [1.807, 2.05) is 0 Å². The van der Waals surface area contributed by atoms with Crippen LogP contribution in [0, 0.1) is 5.92 Å². The van der Waals surface area contributed by atoms with E-state index in [4.69, 9.17) is 9.47 Å². The highest BCUT2D eigenvalue weighted by Crippen LogP contribution is 2.25. The lowest BCUT2D eigenvalue weighted by Gasteiger charge is -2.10. The van der Waals surface area contributed by atoms with E-state index in [1.54, 1.807) is 0 Å². The first-order valence-electron chi connectivity index (χ1n) is 5.58. The molecule has 0 spiro atoms. The molecule has 1 aliphatic rings. The summed E-state index contributed by atoms with van der Waals surface area (Å²) in [4.78, 5) is 11.6. The zero-order chi connectivity index (χ0) is 11.3.